The van der Waals surface area contributed by atoms with Crippen LogP contribution in [0.25, 0.3) is 0 Å². The summed E-state index contributed by atoms with van der Waals surface area (Å²) in [7, 11) is 0. The molecule has 7 heteroatoms. The van der Waals surface area contributed by atoms with Crippen LogP contribution in [0.5, 0.6) is 0 Å². The van der Waals surface area contributed by atoms with Gasteiger partial charge in [0.2, 0.25) is 6.41 Å². The van der Waals surface area contributed by atoms with Crippen molar-refractivity contribution in [2.45, 2.75) is 24.9 Å². The van der Waals surface area contributed by atoms with E-state index in [2.05, 4.69) is 20.0 Å². The Labute approximate surface area is 107 Å². The number of alkyl halides is 2. The molecule has 1 aromatic carbocycles. The number of carbonyl (C=O) groups excluding carboxylic acids is 1. The predicted molar refractivity (Wildman–Crippen MR) is 60.3 cm³/mol. The van der Waals surface area contributed by atoms with Crippen molar-refractivity contribution in [1.82, 2.24) is 5.32 Å². The van der Waals surface area contributed by atoms with Gasteiger partial charge >= 0.3 is 11.9 Å². The van der Waals surface area contributed by atoms with E-state index < -0.39 is 11.9 Å². The van der Waals surface area contributed by atoms with E-state index in [0.29, 0.717) is 24.2 Å². The number of epoxide rings is 1. The Kier molecular flexibility index (Phi) is 2.53. The summed E-state index contributed by atoms with van der Waals surface area (Å²) in [4.78, 5) is 14.8. The average molecular weight is 268 g/mol. The van der Waals surface area contributed by atoms with Crippen LogP contribution in [0.2, 0.25) is 0 Å². The molecule has 0 bridgehead atoms. The van der Waals surface area contributed by atoms with E-state index in [1.165, 1.54) is 0 Å². The first-order chi connectivity index (χ1) is 9.06. The molecule has 0 radical (unpaired) electrons. The molecule has 1 amide bonds. The molecular weight excluding hydrogens is 258 g/mol. The summed E-state index contributed by atoms with van der Waals surface area (Å²) < 4.78 is 30.1. The average Bonchev–Trinajstić information content (AvgIpc) is 2.75. The number of carbonyl (C=O) groups is 1. The third-order valence-corrected chi connectivity index (χ3v) is 3.07. The Balaban J connectivity index is 1.69. The lowest BCUT2D eigenvalue weighted by atomic mass is 10.0. The lowest BCUT2D eigenvalue weighted by Crippen LogP contribution is -2.18. The van der Waals surface area contributed by atoms with Crippen LogP contribution in [-0.2, 0) is 20.9 Å². The second kappa shape index (κ2) is 3.99. The van der Waals surface area contributed by atoms with Gasteiger partial charge in [-0.25, -0.2) is 0 Å². The van der Waals surface area contributed by atoms with Gasteiger partial charge in [-0.3, -0.25) is 9.53 Å². The normalized spacial score (nSPS) is 26.7. The first-order valence-electron chi connectivity index (χ1n) is 5.66. The van der Waals surface area contributed by atoms with Crippen LogP contribution in [0, 0.1) is 0 Å². The third-order valence-electron chi connectivity index (χ3n) is 3.07. The number of nitrogens with one attached hydrogen (secondary N) is 1. The molecule has 2 aliphatic rings. The molecule has 1 aromatic rings. The zero-order chi connectivity index (χ0) is 13.5. The maximum atomic E-state index is 12.9. The maximum absolute atomic E-state index is 12.9. The van der Waals surface area contributed by atoms with Crippen molar-refractivity contribution >= 4 is 12.1 Å². The van der Waals surface area contributed by atoms with Gasteiger partial charge in [-0.05, 0) is 11.1 Å². The summed E-state index contributed by atoms with van der Waals surface area (Å²) in [6, 6.07) is 7.05. The number of hydrogen-bond acceptors (Lipinski definition) is 4. The SMILES string of the molecule is O=CNCc1ccc(C2=NOC3(C2)OC3(F)F)cc1. The molecule has 5 nitrogen and oxygen atoms in total. The van der Waals surface area contributed by atoms with E-state index >= 15 is 0 Å². The van der Waals surface area contributed by atoms with Crippen LogP contribution in [0.15, 0.2) is 29.4 Å². The number of amides is 1. The number of ether oxygens (including phenoxy) is 1. The molecule has 1 unspecified atom stereocenters. The highest BCUT2D eigenvalue weighted by molar-refractivity contribution is 6.01. The van der Waals surface area contributed by atoms with Gasteiger partial charge in [-0.1, -0.05) is 29.4 Å². The predicted octanol–water partition coefficient (Wildman–Crippen LogP) is 1.38. The van der Waals surface area contributed by atoms with Crippen molar-refractivity contribution in [2.24, 2.45) is 5.16 Å². The van der Waals surface area contributed by atoms with E-state index in [4.69, 9.17) is 0 Å². The molecule has 0 aromatic heterocycles. The van der Waals surface area contributed by atoms with Crippen molar-refractivity contribution in [3.8, 4) is 0 Å². The molecular formula is C12H10F2N2O3. The highest BCUT2D eigenvalue weighted by Crippen LogP contribution is 2.56. The van der Waals surface area contributed by atoms with Crippen molar-refractivity contribution in [2.75, 3.05) is 0 Å². The lowest BCUT2D eigenvalue weighted by molar-refractivity contribution is -0.109. The van der Waals surface area contributed by atoms with E-state index in [0.717, 1.165) is 5.56 Å². The molecule has 2 heterocycles. The highest BCUT2D eigenvalue weighted by Gasteiger charge is 2.80. The van der Waals surface area contributed by atoms with E-state index in [9.17, 15) is 13.6 Å². The second-order valence-electron chi connectivity index (χ2n) is 4.37. The molecule has 3 rings (SSSR count). The summed E-state index contributed by atoms with van der Waals surface area (Å²) in [6.07, 6.45) is -2.73. The van der Waals surface area contributed by atoms with Gasteiger partial charge in [-0.15, -0.1) is 0 Å². The minimum Gasteiger partial charge on any atom is -0.355 e. The number of halogens is 2. The van der Waals surface area contributed by atoms with Gasteiger partial charge < -0.3 is 10.2 Å². The Morgan fingerprint density at radius 2 is 2.05 bits per heavy atom. The van der Waals surface area contributed by atoms with Crippen molar-refractivity contribution in [3.05, 3.63) is 35.4 Å². The minimum absolute atomic E-state index is 0.0774. The Morgan fingerprint density at radius 3 is 2.58 bits per heavy atom. The van der Waals surface area contributed by atoms with Gasteiger partial charge in [0.1, 0.15) is 0 Å². The Hall–Kier alpha value is -2.02. The Morgan fingerprint density at radius 1 is 1.37 bits per heavy atom. The van der Waals surface area contributed by atoms with Gasteiger partial charge in [0.05, 0.1) is 12.1 Å². The molecule has 1 atom stereocenters. The summed E-state index contributed by atoms with van der Waals surface area (Å²) in [5, 5.41) is 6.18. The molecule has 1 N–H and O–H groups in total. The molecule has 1 saturated heterocycles. The van der Waals surface area contributed by atoms with Crippen LogP contribution < -0.4 is 5.32 Å². The topological polar surface area (TPSA) is 63.2 Å². The summed E-state index contributed by atoms with van der Waals surface area (Å²) >= 11 is 0. The Bertz CT molecular complexity index is 544. The summed E-state index contributed by atoms with van der Waals surface area (Å²) in [6.45, 7) is 0.415. The first-order valence-corrected chi connectivity index (χ1v) is 5.66. The zero-order valence-electron chi connectivity index (χ0n) is 9.73. The zero-order valence-corrected chi connectivity index (χ0v) is 9.73. The van der Waals surface area contributed by atoms with E-state index in [-0.39, 0.29) is 6.42 Å². The number of hydrogen-bond donors (Lipinski definition) is 1. The van der Waals surface area contributed by atoms with Crippen LogP contribution >= 0.6 is 0 Å². The number of nitrogens with zero attached hydrogens (tertiary/aromatic N) is 1. The van der Waals surface area contributed by atoms with E-state index in [1.807, 2.05) is 0 Å². The lowest BCUT2D eigenvalue weighted by Gasteiger charge is -2.02. The molecule has 0 saturated carbocycles. The summed E-state index contributed by atoms with van der Waals surface area (Å²) in [5.74, 6) is -1.89. The van der Waals surface area contributed by atoms with E-state index in [1.54, 1.807) is 24.3 Å². The molecule has 1 spiro atoms. The number of oxime groups is 1. The monoisotopic (exact) mass is 268 g/mol. The van der Waals surface area contributed by atoms with Crippen molar-refractivity contribution < 1.29 is 23.1 Å². The highest BCUT2D eigenvalue weighted by atomic mass is 19.3. The van der Waals surface area contributed by atoms with Gasteiger partial charge in [-0.2, -0.15) is 8.78 Å². The fraction of sp³-hybridized carbons (Fsp3) is 0.333. The van der Waals surface area contributed by atoms with Crippen LogP contribution in [0.1, 0.15) is 17.5 Å². The summed E-state index contributed by atoms with van der Waals surface area (Å²) in [5.41, 5.74) is 2.02. The minimum atomic E-state index is -3.26. The quantitative estimate of drug-likeness (QED) is 0.662. The van der Waals surface area contributed by atoms with Gasteiger partial charge in [0.25, 0.3) is 0 Å². The van der Waals surface area contributed by atoms with Crippen LogP contribution in [0.4, 0.5) is 8.78 Å². The van der Waals surface area contributed by atoms with Gasteiger partial charge in [0.15, 0.2) is 0 Å². The molecule has 19 heavy (non-hydrogen) atoms. The van der Waals surface area contributed by atoms with Crippen molar-refractivity contribution in [3.63, 3.8) is 0 Å². The molecule has 0 aliphatic carbocycles. The number of rotatable bonds is 4. The smallest absolute Gasteiger partial charge is 0.355 e. The fourth-order valence-corrected chi connectivity index (χ4v) is 1.94. The number of benzene rings is 1. The largest absolute Gasteiger partial charge is 0.427 e. The molecule has 2 aliphatic heterocycles. The van der Waals surface area contributed by atoms with Crippen molar-refractivity contribution in [1.29, 1.82) is 0 Å². The molecule has 100 valence electrons. The molecule has 1 fully saturated rings. The maximum Gasteiger partial charge on any atom is 0.427 e. The first kappa shape index (κ1) is 12.0. The standard InChI is InChI=1S/C12H10F2N2O3/c13-12(14)11(18-12)5-10(16-19-11)9-3-1-8(2-4-9)6-15-7-17/h1-4,7H,5-6H2,(H,15,17). The van der Waals surface area contributed by atoms with Crippen LogP contribution in [0.3, 0.4) is 0 Å². The van der Waals surface area contributed by atoms with Crippen LogP contribution in [-0.4, -0.2) is 24.0 Å². The second-order valence-corrected chi connectivity index (χ2v) is 4.37. The third kappa shape index (κ3) is 1.95. The fourth-order valence-electron chi connectivity index (χ4n) is 1.94. The van der Waals surface area contributed by atoms with Gasteiger partial charge in [0, 0.05) is 6.54 Å².